The van der Waals surface area contributed by atoms with Crippen molar-refractivity contribution in [3.05, 3.63) is 18.0 Å². The number of hydrogen-bond acceptors (Lipinski definition) is 5. The second kappa shape index (κ2) is 4.29. The highest BCUT2D eigenvalue weighted by atomic mass is 15.4. The monoisotopic (exact) mass is 232 g/mol. The van der Waals surface area contributed by atoms with Gasteiger partial charge in [-0.1, -0.05) is 0 Å². The summed E-state index contributed by atoms with van der Waals surface area (Å²) in [4.78, 5) is 0. The van der Waals surface area contributed by atoms with E-state index in [9.17, 15) is 0 Å². The summed E-state index contributed by atoms with van der Waals surface area (Å²) in [6, 6.07) is 3.60. The van der Waals surface area contributed by atoms with Crippen molar-refractivity contribution in [2.75, 3.05) is 18.8 Å². The summed E-state index contributed by atoms with van der Waals surface area (Å²) in [5.74, 6) is 2.09. The highest BCUT2D eigenvalue weighted by Crippen LogP contribution is 2.17. The van der Waals surface area contributed by atoms with Crippen LogP contribution in [0.5, 0.6) is 0 Å². The summed E-state index contributed by atoms with van der Waals surface area (Å²) in [5.41, 5.74) is 6.45. The summed E-state index contributed by atoms with van der Waals surface area (Å²) >= 11 is 0. The van der Waals surface area contributed by atoms with Crippen LogP contribution in [0.15, 0.2) is 12.1 Å². The first-order valence-corrected chi connectivity index (χ1v) is 6.00. The summed E-state index contributed by atoms with van der Waals surface area (Å²) in [7, 11) is 0. The maximum absolute atomic E-state index is 5.69. The molecule has 0 aromatic carbocycles. The molecule has 1 aliphatic rings. The lowest BCUT2D eigenvalue weighted by Crippen LogP contribution is -2.29. The van der Waals surface area contributed by atoms with E-state index in [0.717, 1.165) is 31.0 Å². The van der Waals surface area contributed by atoms with Gasteiger partial charge in [0.15, 0.2) is 11.5 Å². The molecule has 0 saturated carbocycles. The molecular formula is C11H16N6. The van der Waals surface area contributed by atoms with E-state index in [0.29, 0.717) is 11.7 Å². The minimum atomic E-state index is 0.504. The molecule has 0 amide bonds. The number of fused-ring (bicyclic) bond motifs is 1. The average Bonchev–Trinajstić information content (AvgIpc) is 2.73. The van der Waals surface area contributed by atoms with Gasteiger partial charge >= 0.3 is 0 Å². The highest BCUT2D eigenvalue weighted by Gasteiger charge is 2.17. The predicted octanol–water partition coefficient (Wildman–Crippen LogP) is 0.249. The van der Waals surface area contributed by atoms with Crippen molar-refractivity contribution in [1.82, 2.24) is 25.1 Å². The van der Waals surface area contributed by atoms with Gasteiger partial charge in [-0.05, 0) is 44.0 Å². The number of nitrogens with two attached hydrogens (primary N) is 1. The molecule has 1 fully saturated rings. The van der Waals surface area contributed by atoms with Crippen LogP contribution in [-0.2, 0) is 6.42 Å². The predicted molar refractivity (Wildman–Crippen MR) is 64.5 cm³/mol. The molecule has 3 N–H and O–H groups in total. The first kappa shape index (κ1) is 10.5. The third-order valence-corrected chi connectivity index (χ3v) is 3.28. The first-order valence-electron chi connectivity index (χ1n) is 6.00. The van der Waals surface area contributed by atoms with Gasteiger partial charge in [0, 0.05) is 6.42 Å². The van der Waals surface area contributed by atoms with Gasteiger partial charge in [-0.15, -0.1) is 15.3 Å². The fourth-order valence-electron chi connectivity index (χ4n) is 2.32. The van der Waals surface area contributed by atoms with Gasteiger partial charge in [0.05, 0.1) is 0 Å². The van der Waals surface area contributed by atoms with Crippen LogP contribution in [0.2, 0.25) is 0 Å². The number of hydrogen-bond donors (Lipinski definition) is 2. The van der Waals surface area contributed by atoms with Crippen molar-refractivity contribution in [2.24, 2.45) is 5.92 Å². The van der Waals surface area contributed by atoms with Crippen LogP contribution < -0.4 is 11.1 Å². The van der Waals surface area contributed by atoms with E-state index < -0.39 is 0 Å². The molecule has 6 nitrogen and oxygen atoms in total. The zero-order chi connectivity index (χ0) is 11.7. The first-order chi connectivity index (χ1) is 8.33. The number of aromatic nitrogens is 4. The van der Waals surface area contributed by atoms with E-state index >= 15 is 0 Å². The van der Waals surface area contributed by atoms with Crippen LogP contribution in [0.1, 0.15) is 18.7 Å². The molecule has 1 aliphatic heterocycles. The molecule has 0 atom stereocenters. The normalized spacial score (nSPS) is 17.6. The molecule has 3 heterocycles. The fourth-order valence-corrected chi connectivity index (χ4v) is 2.32. The van der Waals surface area contributed by atoms with E-state index in [-0.39, 0.29) is 0 Å². The number of nitrogens with zero attached hydrogens (tertiary/aromatic N) is 4. The van der Waals surface area contributed by atoms with Crippen LogP contribution >= 0.6 is 0 Å². The summed E-state index contributed by atoms with van der Waals surface area (Å²) in [5, 5.41) is 15.9. The van der Waals surface area contributed by atoms with Gasteiger partial charge in [-0.2, -0.15) is 4.52 Å². The quantitative estimate of drug-likeness (QED) is 0.775. The van der Waals surface area contributed by atoms with Crippen LogP contribution in [0.25, 0.3) is 5.65 Å². The number of nitrogen functional groups attached to an aromatic ring is 1. The molecule has 1 saturated heterocycles. The molecule has 2 aromatic heterocycles. The standard InChI is InChI=1S/C11H16N6/c12-9-1-2-10-14-15-11(17(10)16-9)7-8-3-5-13-6-4-8/h1-2,8,13H,3-7H2,(H2,12,16). The largest absolute Gasteiger partial charge is 0.382 e. The van der Waals surface area contributed by atoms with Crippen molar-refractivity contribution < 1.29 is 0 Å². The summed E-state index contributed by atoms with van der Waals surface area (Å²) in [6.45, 7) is 2.19. The summed E-state index contributed by atoms with van der Waals surface area (Å²) in [6.07, 6.45) is 3.31. The van der Waals surface area contributed by atoms with Crippen LogP contribution in [0.4, 0.5) is 5.82 Å². The Balaban J connectivity index is 1.86. The van der Waals surface area contributed by atoms with E-state index in [1.807, 2.05) is 6.07 Å². The molecule has 90 valence electrons. The molecule has 2 aromatic rings. The second-order valence-electron chi connectivity index (χ2n) is 4.54. The van der Waals surface area contributed by atoms with E-state index in [4.69, 9.17) is 5.73 Å². The minimum Gasteiger partial charge on any atom is -0.382 e. The number of rotatable bonds is 2. The Morgan fingerprint density at radius 3 is 2.94 bits per heavy atom. The lowest BCUT2D eigenvalue weighted by Gasteiger charge is -2.21. The summed E-state index contributed by atoms with van der Waals surface area (Å²) < 4.78 is 1.76. The van der Waals surface area contributed by atoms with Gasteiger partial charge in [0.25, 0.3) is 0 Å². The SMILES string of the molecule is Nc1ccc2nnc(CC3CCNCC3)n2n1. The lowest BCUT2D eigenvalue weighted by molar-refractivity contribution is 0.365. The van der Waals surface area contributed by atoms with Crippen LogP contribution in [-0.4, -0.2) is 32.9 Å². The van der Waals surface area contributed by atoms with E-state index in [1.165, 1.54) is 12.8 Å². The van der Waals surface area contributed by atoms with Crippen molar-refractivity contribution in [1.29, 1.82) is 0 Å². The topological polar surface area (TPSA) is 81.1 Å². The van der Waals surface area contributed by atoms with Crippen molar-refractivity contribution >= 4 is 11.5 Å². The Hall–Kier alpha value is -1.69. The van der Waals surface area contributed by atoms with Gasteiger partial charge in [-0.3, -0.25) is 0 Å². The molecular weight excluding hydrogens is 216 g/mol. The fraction of sp³-hybridized carbons (Fsp3) is 0.545. The number of anilines is 1. The Bertz CT molecular complexity index is 514. The van der Waals surface area contributed by atoms with E-state index in [2.05, 4.69) is 20.6 Å². The van der Waals surface area contributed by atoms with E-state index in [1.54, 1.807) is 10.6 Å². The Morgan fingerprint density at radius 1 is 1.29 bits per heavy atom. The Morgan fingerprint density at radius 2 is 2.12 bits per heavy atom. The van der Waals surface area contributed by atoms with Gasteiger partial charge < -0.3 is 11.1 Å². The molecule has 6 heteroatoms. The Labute approximate surface area is 99.2 Å². The molecule has 0 bridgehead atoms. The van der Waals surface area contributed by atoms with Gasteiger partial charge in [-0.25, -0.2) is 0 Å². The third kappa shape index (κ3) is 2.08. The Kier molecular flexibility index (Phi) is 2.64. The van der Waals surface area contributed by atoms with Crippen molar-refractivity contribution in [3.63, 3.8) is 0 Å². The van der Waals surface area contributed by atoms with Crippen LogP contribution in [0.3, 0.4) is 0 Å². The lowest BCUT2D eigenvalue weighted by atomic mass is 9.94. The smallest absolute Gasteiger partial charge is 0.178 e. The minimum absolute atomic E-state index is 0.504. The molecule has 17 heavy (non-hydrogen) atoms. The third-order valence-electron chi connectivity index (χ3n) is 3.28. The van der Waals surface area contributed by atoms with Crippen molar-refractivity contribution in [3.8, 4) is 0 Å². The van der Waals surface area contributed by atoms with Crippen LogP contribution in [0, 0.1) is 5.92 Å². The molecule has 0 aliphatic carbocycles. The molecule has 0 radical (unpaired) electrons. The highest BCUT2D eigenvalue weighted by molar-refractivity contribution is 5.41. The molecule has 0 unspecified atom stereocenters. The molecule has 0 spiro atoms. The second-order valence-corrected chi connectivity index (χ2v) is 4.54. The van der Waals surface area contributed by atoms with Gasteiger partial charge in [0.2, 0.25) is 0 Å². The van der Waals surface area contributed by atoms with Crippen molar-refractivity contribution in [2.45, 2.75) is 19.3 Å². The maximum atomic E-state index is 5.69. The zero-order valence-corrected chi connectivity index (χ0v) is 9.63. The number of nitrogens with one attached hydrogen (secondary N) is 1. The average molecular weight is 232 g/mol. The zero-order valence-electron chi connectivity index (χ0n) is 9.63. The molecule has 3 rings (SSSR count). The number of piperidine rings is 1. The van der Waals surface area contributed by atoms with Gasteiger partial charge in [0.1, 0.15) is 5.82 Å². The maximum Gasteiger partial charge on any atom is 0.178 e.